The molecular weight excluding hydrogens is 330 g/mol. The number of nitrogens with zero attached hydrogens (tertiary/aromatic N) is 1. The number of allylic oxidation sites excluding steroid dienone is 1. The van der Waals surface area contributed by atoms with Crippen molar-refractivity contribution in [3.05, 3.63) is 87.0 Å². The van der Waals surface area contributed by atoms with Crippen molar-refractivity contribution >= 4 is 11.7 Å². The van der Waals surface area contributed by atoms with Crippen LogP contribution in [0.4, 0.5) is 5.69 Å². The van der Waals surface area contributed by atoms with Crippen LogP contribution in [0.5, 0.6) is 0 Å². The molecule has 2 aromatic carbocycles. The fourth-order valence-corrected chi connectivity index (χ4v) is 2.27. The summed E-state index contributed by atoms with van der Waals surface area (Å²) in [5, 5.41) is 10.8. The van der Waals surface area contributed by atoms with E-state index >= 15 is 0 Å². The van der Waals surface area contributed by atoms with Gasteiger partial charge in [0.15, 0.2) is 0 Å². The lowest BCUT2D eigenvalue weighted by molar-refractivity contribution is -0.385. The molecule has 0 aliphatic heterocycles. The largest absolute Gasteiger partial charge is 0.461 e. The Labute approximate surface area is 154 Å². The normalized spacial score (nSPS) is 9.69. The highest BCUT2D eigenvalue weighted by Crippen LogP contribution is 2.23. The minimum atomic E-state index is -0.467. The van der Waals surface area contributed by atoms with Crippen LogP contribution >= 0.6 is 0 Å². The van der Waals surface area contributed by atoms with E-state index in [0.29, 0.717) is 5.56 Å². The standard InChI is InChI=1S/C11H13NO4.C10H12/c1-7-4-10(6-16-9(3)13)11(12(14)15)5-8(7)2;1-9(2)8-10-6-4-3-5-7-10/h4-5H,6H2,1-3H3;3-7H,1,8H2,2H3. The smallest absolute Gasteiger partial charge is 0.302 e. The van der Waals surface area contributed by atoms with Crippen LogP contribution in [0.15, 0.2) is 54.6 Å². The molecule has 0 atom stereocenters. The van der Waals surface area contributed by atoms with E-state index in [2.05, 4.69) is 30.8 Å². The number of esters is 1. The van der Waals surface area contributed by atoms with Crippen LogP contribution in [0.25, 0.3) is 0 Å². The van der Waals surface area contributed by atoms with Crippen LogP contribution in [-0.4, -0.2) is 10.9 Å². The zero-order chi connectivity index (χ0) is 19.7. The lowest BCUT2D eigenvalue weighted by atomic mass is 10.0. The third kappa shape index (κ3) is 7.30. The first-order valence-corrected chi connectivity index (χ1v) is 8.27. The summed E-state index contributed by atoms with van der Waals surface area (Å²) in [6, 6.07) is 13.5. The summed E-state index contributed by atoms with van der Waals surface area (Å²) in [7, 11) is 0. The van der Waals surface area contributed by atoms with Gasteiger partial charge in [-0.2, -0.15) is 0 Å². The van der Waals surface area contributed by atoms with Crippen LogP contribution in [0.3, 0.4) is 0 Å². The highest BCUT2D eigenvalue weighted by molar-refractivity contribution is 5.66. The Morgan fingerprint density at radius 1 is 1.12 bits per heavy atom. The SMILES string of the molecule is C=C(C)Cc1ccccc1.CC(=O)OCc1cc(C)c(C)cc1[N+](=O)[O-]. The maximum atomic E-state index is 10.8. The van der Waals surface area contributed by atoms with Crippen molar-refractivity contribution in [3.63, 3.8) is 0 Å². The van der Waals surface area contributed by atoms with Crippen molar-refractivity contribution in [2.45, 2.75) is 40.7 Å². The highest BCUT2D eigenvalue weighted by atomic mass is 16.6. The number of carbonyl (C=O) groups excluding carboxylic acids is 1. The molecular formula is C21H25NO4. The van der Waals surface area contributed by atoms with Crippen LogP contribution in [0, 0.1) is 24.0 Å². The predicted octanol–water partition coefficient (Wildman–Crippen LogP) is 5.08. The average molecular weight is 355 g/mol. The number of benzene rings is 2. The summed E-state index contributed by atoms with van der Waals surface area (Å²) in [4.78, 5) is 21.0. The summed E-state index contributed by atoms with van der Waals surface area (Å²) in [6.45, 7) is 10.8. The molecule has 5 nitrogen and oxygen atoms in total. The van der Waals surface area contributed by atoms with E-state index in [1.165, 1.54) is 24.1 Å². The van der Waals surface area contributed by atoms with Crippen molar-refractivity contribution in [1.29, 1.82) is 0 Å². The third-order valence-electron chi connectivity index (χ3n) is 3.67. The van der Waals surface area contributed by atoms with E-state index < -0.39 is 10.9 Å². The number of nitro groups is 1. The summed E-state index contributed by atoms with van der Waals surface area (Å²) in [5.74, 6) is -0.451. The Morgan fingerprint density at radius 2 is 1.69 bits per heavy atom. The molecule has 0 spiro atoms. The van der Waals surface area contributed by atoms with Gasteiger partial charge in [0.05, 0.1) is 10.5 Å². The average Bonchev–Trinajstić information content (AvgIpc) is 2.56. The third-order valence-corrected chi connectivity index (χ3v) is 3.67. The number of hydrogen-bond donors (Lipinski definition) is 0. The Balaban J connectivity index is 0.000000289. The molecule has 0 heterocycles. The monoisotopic (exact) mass is 355 g/mol. The number of ether oxygens (including phenoxy) is 1. The Kier molecular flexibility index (Phi) is 8.22. The second-order valence-corrected chi connectivity index (χ2v) is 6.22. The van der Waals surface area contributed by atoms with Crippen LogP contribution in [0.2, 0.25) is 0 Å². The minimum absolute atomic E-state index is 0.00986. The van der Waals surface area contributed by atoms with E-state index in [1.807, 2.05) is 19.9 Å². The zero-order valence-electron chi connectivity index (χ0n) is 15.7. The molecule has 0 saturated carbocycles. The summed E-state index contributed by atoms with van der Waals surface area (Å²) >= 11 is 0. The number of carbonyl (C=O) groups is 1. The molecule has 0 aromatic heterocycles. The van der Waals surface area contributed by atoms with E-state index in [4.69, 9.17) is 4.74 Å². The molecule has 0 radical (unpaired) electrons. The van der Waals surface area contributed by atoms with Gasteiger partial charge in [-0.15, -0.1) is 0 Å². The van der Waals surface area contributed by atoms with Crippen molar-refractivity contribution < 1.29 is 14.5 Å². The molecule has 0 N–H and O–H groups in total. The van der Waals surface area contributed by atoms with Gasteiger partial charge in [0.1, 0.15) is 6.61 Å². The molecule has 138 valence electrons. The van der Waals surface area contributed by atoms with Gasteiger partial charge in [-0.05, 0) is 49.9 Å². The van der Waals surface area contributed by atoms with Crippen LogP contribution in [-0.2, 0) is 22.6 Å². The van der Waals surface area contributed by atoms with Gasteiger partial charge in [-0.25, -0.2) is 0 Å². The first-order chi connectivity index (χ1) is 12.2. The summed E-state index contributed by atoms with van der Waals surface area (Å²) in [5.41, 5.74) is 4.75. The molecule has 0 unspecified atom stereocenters. The summed E-state index contributed by atoms with van der Waals surface area (Å²) < 4.78 is 4.77. The highest BCUT2D eigenvalue weighted by Gasteiger charge is 2.16. The molecule has 0 bridgehead atoms. The first-order valence-electron chi connectivity index (χ1n) is 8.27. The first kappa shape index (κ1) is 21.1. The second kappa shape index (κ2) is 10.1. The molecule has 0 aliphatic carbocycles. The Morgan fingerprint density at radius 3 is 2.19 bits per heavy atom. The molecule has 2 aromatic rings. The van der Waals surface area contributed by atoms with E-state index in [0.717, 1.165) is 17.5 Å². The number of rotatable bonds is 5. The predicted molar refractivity (Wildman–Crippen MR) is 103 cm³/mol. The van der Waals surface area contributed by atoms with Crippen molar-refractivity contribution in [3.8, 4) is 0 Å². The van der Waals surface area contributed by atoms with Crippen molar-refractivity contribution in [1.82, 2.24) is 0 Å². The number of hydrogen-bond acceptors (Lipinski definition) is 4. The van der Waals surface area contributed by atoms with Gasteiger partial charge < -0.3 is 4.74 Å². The fraction of sp³-hybridized carbons (Fsp3) is 0.286. The molecule has 0 fully saturated rings. The van der Waals surface area contributed by atoms with Crippen molar-refractivity contribution in [2.75, 3.05) is 0 Å². The Bertz CT molecular complexity index is 782. The molecule has 26 heavy (non-hydrogen) atoms. The lowest BCUT2D eigenvalue weighted by Gasteiger charge is -2.06. The van der Waals surface area contributed by atoms with Gasteiger partial charge in [0.25, 0.3) is 5.69 Å². The van der Waals surface area contributed by atoms with Gasteiger partial charge >= 0.3 is 5.97 Å². The topological polar surface area (TPSA) is 69.4 Å². The lowest BCUT2D eigenvalue weighted by Crippen LogP contribution is -2.03. The second-order valence-electron chi connectivity index (χ2n) is 6.22. The Hall–Kier alpha value is -2.95. The quantitative estimate of drug-likeness (QED) is 0.324. The molecule has 0 saturated heterocycles. The molecule has 0 aliphatic rings. The van der Waals surface area contributed by atoms with Crippen LogP contribution in [0.1, 0.15) is 36.1 Å². The maximum Gasteiger partial charge on any atom is 0.302 e. The molecule has 5 heteroatoms. The van der Waals surface area contributed by atoms with Gasteiger partial charge in [-0.1, -0.05) is 42.5 Å². The maximum absolute atomic E-state index is 10.8. The summed E-state index contributed by atoms with van der Waals surface area (Å²) in [6.07, 6.45) is 1.00. The van der Waals surface area contributed by atoms with Gasteiger partial charge in [0, 0.05) is 13.0 Å². The van der Waals surface area contributed by atoms with Crippen molar-refractivity contribution in [2.24, 2.45) is 0 Å². The molecule has 0 amide bonds. The van der Waals surface area contributed by atoms with E-state index in [-0.39, 0.29) is 12.3 Å². The fourth-order valence-electron chi connectivity index (χ4n) is 2.27. The van der Waals surface area contributed by atoms with E-state index in [9.17, 15) is 14.9 Å². The van der Waals surface area contributed by atoms with Gasteiger partial charge in [-0.3, -0.25) is 14.9 Å². The van der Waals surface area contributed by atoms with Gasteiger partial charge in [0.2, 0.25) is 0 Å². The number of nitro benzene ring substituents is 1. The number of aryl methyl sites for hydroxylation is 2. The van der Waals surface area contributed by atoms with E-state index in [1.54, 1.807) is 13.0 Å². The van der Waals surface area contributed by atoms with Crippen LogP contribution < -0.4 is 0 Å². The molecule has 2 rings (SSSR count). The minimum Gasteiger partial charge on any atom is -0.461 e. The zero-order valence-corrected chi connectivity index (χ0v) is 15.7.